The van der Waals surface area contributed by atoms with Gasteiger partial charge in [0, 0.05) is 25.2 Å². The molecule has 1 fully saturated rings. The highest BCUT2D eigenvalue weighted by Gasteiger charge is 2.26. The van der Waals surface area contributed by atoms with Gasteiger partial charge in [0.2, 0.25) is 0 Å². The van der Waals surface area contributed by atoms with E-state index in [0.717, 1.165) is 18.9 Å². The number of carbonyl (C=O) groups excluding carboxylic acids is 1. The maximum Gasteiger partial charge on any atom is 0.271 e. The number of halogens is 2. The third kappa shape index (κ3) is 3.47. The van der Waals surface area contributed by atoms with Gasteiger partial charge in [-0.1, -0.05) is 29.6 Å². The van der Waals surface area contributed by atoms with Gasteiger partial charge >= 0.3 is 0 Å². The lowest BCUT2D eigenvalue weighted by Gasteiger charge is -2.32. The first-order valence-electron chi connectivity index (χ1n) is 6.86. The first-order chi connectivity index (χ1) is 9.93. The minimum atomic E-state index is -0.582. The predicted molar refractivity (Wildman–Crippen MR) is 82.0 cm³/mol. The van der Waals surface area contributed by atoms with E-state index in [1.54, 1.807) is 4.90 Å². The predicted octanol–water partition coefficient (Wildman–Crippen LogP) is 4.16. The largest absolute Gasteiger partial charge is 0.339 e. The Morgan fingerprint density at radius 3 is 2.57 bits per heavy atom. The van der Waals surface area contributed by atoms with Crippen LogP contribution < -0.4 is 0 Å². The molecule has 21 heavy (non-hydrogen) atoms. The molecule has 7 heteroatoms. The minimum absolute atomic E-state index is 0.0221. The van der Waals surface area contributed by atoms with Crippen LogP contribution in [0, 0.1) is 16.0 Å². The van der Waals surface area contributed by atoms with Crippen LogP contribution in [0.1, 0.15) is 36.5 Å². The Morgan fingerprint density at radius 1 is 1.43 bits per heavy atom. The van der Waals surface area contributed by atoms with E-state index in [4.69, 9.17) is 23.2 Å². The number of hydrogen-bond donors (Lipinski definition) is 0. The summed E-state index contributed by atoms with van der Waals surface area (Å²) in [7, 11) is 0. The van der Waals surface area contributed by atoms with Crippen molar-refractivity contribution in [2.75, 3.05) is 13.1 Å². The van der Waals surface area contributed by atoms with Crippen molar-refractivity contribution < 1.29 is 9.72 Å². The summed E-state index contributed by atoms with van der Waals surface area (Å²) < 4.78 is 0. The molecule has 0 unspecified atom stereocenters. The zero-order chi connectivity index (χ0) is 15.6. The number of amides is 1. The molecule has 0 heterocycles. The molecule has 0 atom stereocenters. The zero-order valence-electron chi connectivity index (χ0n) is 11.6. The summed E-state index contributed by atoms with van der Waals surface area (Å²) in [5.74, 6) is 0.210. The third-order valence-electron chi connectivity index (χ3n) is 3.83. The summed E-state index contributed by atoms with van der Waals surface area (Å²) in [5, 5.41) is 11.0. The average molecular weight is 331 g/mol. The lowest BCUT2D eigenvalue weighted by atomic mass is 9.85. The first-order valence-corrected chi connectivity index (χ1v) is 7.62. The Balaban J connectivity index is 2.29. The minimum Gasteiger partial charge on any atom is -0.339 e. The number of carbonyl (C=O) groups is 1. The van der Waals surface area contributed by atoms with Gasteiger partial charge in [0.15, 0.2) is 0 Å². The number of hydrogen-bond acceptors (Lipinski definition) is 3. The Bertz CT molecular complexity index is 574. The summed E-state index contributed by atoms with van der Waals surface area (Å²) in [6.07, 6.45) is 3.43. The molecule has 1 aliphatic carbocycles. The van der Waals surface area contributed by atoms with Crippen LogP contribution >= 0.6 is 23.2 Å². The van der Waals surface area contributed by atoms with E-state index in [2.05, 4.69) is 0 Å². The SMILES string of the molecule is CCN(CC1CCC1)C(=O)c1cc([N+](=O)[O-])cc(Cl)c1Cl. The van der Waals surface area contributed by atoms with Crippen LogP contribution in [0.3, 0.4) is 0 Å². The smallest absolute Gasteiger partial charge is 0.271 e. The standard InChI is InChI=1S/C14H16Cl2N2O3/c1-2-17(8-9-4-3-5-9)14(19)11-6-10(18(20)21)7-12(15)13(11)16/h6-7,9H,2-5,8H2,1H3. The van der Waals surface area contributed by atoms with Gasteiger partial charge in [-0.25, -0.2) is 0 Å². The quantitative estimate of drug-likeness (QED) is 0.601. The summed E-state index contributed by atoms with van der Waals surface area (Å²) in [5.41, 5.74) is -0.135. The molecule has 0 radical (unpaired) electrons. The Morgan fingerprint density at radius 2 is 2.10 bits per heavy atom. The van der Waals surface area contributed by atoms with E-state index in [0.29, 0.717) is 19.0 Å². The van der Waals surface area contributed by atoms with E-state index >= 15 is 0 Å². The van der Waals surface area contributed by atoms with Gasteiger partial charge in [0.25, 0.3) is 11.6 Å². The van der Waals surface area contributed by atoms with E-state index in [-0.39, 0.29) is 27.2 Å². The molecule has 0 aliphatic heterocycles. The van der Waals surface area contributed by atoms with Crippen molar-refractivity contribution in [1.29, 1.82) is 0 Å². The highest BCUT2D eigenvalue weighted by Crippen LogP contribution is 2.33. The van der Waals surface area contributed by atoms with E-state index in [1.165, 1.54) is 12.5 Å². The summed E-state index contributed by atoms with van der Waals surface area (Å²) >= 11 is 11.9. The fraction of sp³-hybridized carbons (Fsp3) is 0.500. The van der Waals surface area contributed by atoms with Crippen LogP contribution in [0.25, 0.3) is 0 Å². The second-order valence-electron chi connectivity index (χ2n) is 5.19. The average Bonchev–Trinajstić information content (AvgIpc) is 2.39. The molecule has 1 amide bonds. The molecular formula is C14H16Cl2N2O3. The number of non-ortho nitro benzene ring substituents is 1. The molecule has 0 aromatic heterocycles. The van der Waals surface area contributed by atoms with Crippen LogP contribution in [-0.4, -0.2) is 28.8 Å². The molecule has 114 valence electrons. The molecule has 0 spiro atoms. The molecule has 0 saturated heterocycles. The number of benzene rings is 1. The van der Waals surface area contributed by atoms with Crippen molar-refractivity contribution in [3.05, 3.63) is 37.9 Å². The molecular weight excluding hydrogens is 315 g/mol. The van der Waals surface area contributed by atoms with E-state index in [1.807, 2.05) is 6.92 Å². The molecule has 1 aliphatic rings. The molecule has 1 aromatic carbocycles. The van der Waals surface area contributed by atoms with Gasteiger partial charge in [-0.3, -0.25) is 14.9 Å². The van der Waals surface area contributed by atoms with Crippen LogP contribution in [0.5, 0.6) is 0 Å². The topological polar surface area (TPSA) is 63.5 Å². The van der Waals surface area contributed by atoms with Crippen LogP contribution in [0.2, 0.25) is 10.0 Å². The van der Waals surface area contributed by atoms with Crippen molar-refractivity contribution >= 4 is 34.8 Å². The lowest BCUT2D eigenvalue weighted by molar-refractivity contribution is -0.384. The van der Waals surface area contributed by atoms with Crippen molar-refractivity contribution in [2.45, 2.75) is 26.2 Å². The highest BCUT2D eigenvalue weighted by atomic mass is 35.5. The normalized spacial score (nSPS) is 14.6. The Labute approximate surface area is 133 Å². The molecule has 1 saturated carbocycles. The number of rotatable bonds is 5. The number of nitrogens with zero attached hydrogens (tertiary/aromatic N) is 2. The fourth-order valence-corrected chi connectivity index (χ4v) is 2.75. The van der Waals surface area contributed by atoms with Gasteiger partial charge in [-0.15, -0.1) is 0 Å². The number of nitro benzene ring substituents is 1. The van der Waals surface area contributed by atoms with Gasteiger partial charge in [0.05, 0.1) is 20.5 Å². The molecule has 2 rings (SSSR count). The second-order valence-corrected chi connectivity index (χ2v) is 5.97. The van der Waals surface area contributed by atoms with Crippen molar-refractivity contribution in [1.82, 2.24) is 4.90 Å². The van der Waals surface area contributed by atoms with E-state index < -0.39 is 4.92 Å². The van der Waals surface area contributed by atoms with Crippen LogP contribution in [0.15, 0.2) is 12.1 Å². The molecule has 5 nitrogen and oxygen atoms in total. The monoisotopic (exact) mass is 330 g/mol. The van der Waals surface area contributed by atoms with Gasteiger partial charge in [0.1, 0.15) is 0 Å². The second kappa shape index (κ2) is 6.62. The third-order valence-corrected chi connectivity index (χ3v) is 4.63. The van der Waals surface area contributed by atoms with E-state index in [9.17, 15) is 14.9 Å². The van der Waals surface area contributed by atoms with Crippen molar-refractivity contribution in [3.63, 3.8) is 0 Å². The Hall–Kier alpha value is -1.33. The van der Waals surface area contributed by atoms with Crippen molar-refractivity contribution in [3.8, 4) is 0 Å². The fourth-order valence-electron chi connectivity index (χ4n) is 2.35. The van der Waals surface area contributed by atoms with Crippen LogP contribution in [-0.2, 0) is 0 Å². The maximum absolute atomic E-state index is 12.6. The lowest BCUT2D eigenvalue weighted by Crippen LogP contribution is -2.37. The summed E-state index contributed by atoms with van der Waals surface area (Å²) in [6.45, 7) is 3.07. The maximum atomic E-state index is 12.6. The summed E-state index contributed by atoms with van der Waals surface area (Å²) in [6, 6.07) is 2.35. The summed E-state index contributed by atoms with van der Waals surface area (Å²) in [4.78, 5) is 24.5. The highest BCUT2D eigenvalue weighted by molar-refractivity contribution is 6.44. The number of nitro groups is 1. The first kappa shape index (κ1) is 16.0. The van der Waals surface area contributed by atoms with Gasteiger partial charge < -0.3 is 4.90 Å². The molecule has 0 bridgehead atoms. The van der Waals surface area contributed by atoms with Crippen LogP contribution in [0.4, 0.5) is 5.69 Å². The molecule has 1 aromatic rings. The zero-order valence-corrected chi connectivity index (χ0v) is 13.2. The van der Waals surface area contributed by atoms with Gasteiger partial charge in [-0.2, -0.15) is 0 Å². The Kier molecular flexibility index (Phi) is 5.06. The van der Waals surface area contributed by atoms with Gasteiger partial charge in [-0.05, 0) is 25.7 Å². The van der Waals surface area contributed by atoms with Crippen molar-refractivity contribution in [2.24, 2.45) is 5.92 Å². The molecule has 0 N–H and O–H groups in total.